The fraction of sp³-hybridized carbons (Fsp3) is 0.625. The van der Waals surface area contributed by atoms with Crippen LogP contribution < -0.4 is 0 Å². The van der Waals surface area contributed by atoms with E-state index in [2.05, 4.69) is 4.98 Å². The number of nitrogens with zero attached hydrogens (tertiary/aromatic N) is 2. The van der Waals surface area contributed by atoms with Crippen LogP contribution in [0.3, 0.4) is 0 Å². The van der Waals surface area contributed by atoms with Crippen LogP contribution in [0.2, 0.25) is 0 Å². The Kier molecular flexibility index (Phi) is 2.33. The number of rotatable bonds is 2. The van der Waals surface area contributed by atoms with Crippen molar-refractivity contribution in [1.29, 1.82) is 0 Å². The molecule has 3 nitrogen and oxygen atoms in total. The lowest BCUT2D eigenvalue weighted by atomic mass is 10.3. The Morgan fingerprint density at radius 3 is 3.33 bits per heavy atom. The topological polar surface area (TPSA) is 27.1 Å². The van der Waals surface area contributed by atoms with Crippen molar-refractivity contribution in [3.05, 3.63) is 18.2 Å². The number of halogens is 1. The Hall–Kier alpha value is -0.540. The molecule has 0 N–H and O–H groups in total. The average Bonchev–Trinajstić information content (AvgIpc) is 2.74. The van der Waals surface area contributed by atoms with E-state index >= 15 is 0 Å². The van der Waals surface area contributed by atoms with Crippen molar-refractivity contribution < 1.29 is 4.74 Å². The summed E-state index contributed by atoms with van der Waals surface area (Å²) in [5.41, 5.74) is 0. The van der Waals surface area contributed by atoms with Crippen LogP contribution >= 0.6 is 11.6 Å². The molecule has 0 aromatic carbocycles. The number of alkyl halides is 1. The molecular weight excluding hydrogens is 176 g/mol. The standard InChI is InChI=1S/C8H11ClN2O/c9-6-7-10-3-4-11(7)8-2-1-5-12-8/h3-4,8H,1-2,5-6H2. The summed E-state index contributed by atoms with van der Waals surface area (Å²) in [5.74, 6) is 1.34. The van der Waals surface area contributed by atoms with Crippen LogP contribution in [0.25, 0.3) is 0 Å². The molecule has 1 aliphatic heterocycles. The summed E-state index contributed by atoms with van der Waals surface area (Å²) in [5, 5.41) is 0. The van der Waals surface area contributed by atoms with Gasteiger partial charge in [0.1, 0.15) is 12.1 Å². The summed E-state index contributed by atoms with van der Waals surface area (Å²) in [6, 6.07) is 0. The molecule has 66 valence electrons. The average molecular weight is 187 g/mol. The highest BCUT2D eigenvalue weighted by Crippen LogP contribution is 2.24. The maximum absolute atomic E-state index is 5.71. The van der Waals surface area contributed by atoms with E-state index in [0.29, 0.717) is 5.88 Å². The number of aromatic nitrogens is 2. The Balaban J connectivity index is 2.19. The van der Waals surface area contributed by atoms with Gasteiger partial charge >= 0.3 is 0 Å². The number of imidazole rings is 1. The van der Waals surface area contributed by atoms with Crippen LogP contribution in [0.1, 0.15) is 24.9 Å². The lowest BCUT2D eigenvalue weighted by molar-refractivity contribution is 0.0548. The Bertz CT molecular complexity index is 255. The van der Waals surface area contributed by atoms with E-state index in [4.69, 9.17) is 16.3 Å². The van der Waals surface area contributed by atoms with E-state index in [9.17, 15) is 0 Å². The van der Waals surface area contributed by atoms with Gasteiger partial charge < -0.3 is 9.30 Å². The number of hydrogen-bond donors (Lipinski definition) is 0. The van der Waals surface area contributed by atoms with Crippen molar-refractivity contribution in [2.75, 3.05) is 6.61 Å². The zero-order valence-electron chi connectivity index (χ0n) is 6.74. The van der Waals surface area contributed by atoms with Gasteiger partial charge in [-0.1, -0.05) is 0 Å². The summed E-state index contributed by atoms with van der Waals surface area (Å²) in [6.45, 7) is 0.852. The van der Waals surface area contributed by atoms with E-state index in [1.165, 1.54) is 0 Å². The minimum absolute atomic E-state index is 0.168. The first-order valence-corrected chi connectivity index (χ1v) is 4.64. The molecule has 0 radical (unpaired) electrons. The molecule has 0 spiro atoms. The lowest BCUT2D eigenvalue weighted by Gasteiger charge is -2.12. The third-order valence-corrected chi connectivity index (χ3v) is 2.32. The van der Waals surface area contributed by atoms with Gasteiger partial charge in [-0.25, -0.2) is 4.98 Å². The lowest BCUT2D eigenvalue weighted by Crippen LogP contribution is -2.08. The summed E-state index contributed by atoms with van der Waals surface area (Å²) in [4.78, 5) is 4.13. The normalized spacial score (nSPS) is 23.2. The molecule has 4 heteroatoms. The van der Waals surface area contributed by atoms with Crippen molar-refractivity contribution in [1.82, 2.24) is 9.55 Å². The zero-order chi connectivity index (χ0) is 8.39. The van der Waals surface area contributed by atoms with Gasteiger partial charge in [-0.2, -0.15) is 0 Å². The molecule has 2 heterocycles. The molecule has 0 bridgehead atoms. The van der Waals surface area contributed by atoms with Crippen LogP contribution in [0, 0.1) is 0 Å². The summed E-state index contributed by atoms with van der Waals surface area (Å²) in [7, 11) is 0. The van der Waals surface area contributed by atoms with Gasteiger partial charge in [0.15, 0.2) is 0 Å². The highest BCUT2D eigenvalue weighted by molar-refractivity contribution is 6.16. The van der Waals surface area contributed by atoms with Crippen LogP contribution in [0.5, 0.6) is 0 Å². The second-order valence-corrected chi connectivity index (χ2v) is 3.12. The molecular formula is C8H11ClN2O. The Morgan fingerprint density at radius 2 is 2.67 bits per heavy atom. The fourth-order valence-electron chi connectivity index (χ4n) is 1.49. The van der Waals surface area contributed by atoms with Crippen LogP contribution in [0.4, 0.5) is 0 Å². The summed E-state index contributed by atoms with van der Waals surface area (Å²) < 4.78 is 7.52. The second kappa shape index (κ2) is 3.46. The molecule has 0 saturated carbocycles. The largest absolute Gasteiger partial charge is 0.358 e. The van der Waals surface area contributed by atoms with Crippen LogP contribution in [0.15, 0.2) is 12.4 Å². The predicted molar refractivity (Wildman–Crippen MR) is 46.0 cm³/mol. The molecule has 12 heavy (non-hydrogen) atoms. The zero-order valence-corrected chi connectivity index (χ0v) is 7.50. The van der Waals surface area contributed by atoms with Gasteiger partial charge in [0, 0.05) is 19.0 Å². The minimum Gasteiger partial charge on any atom is -0.358 e. The maximum Gasteiger partial charge on any atom is 0.135 e. The predicted octanol–water partition coefficient (Wildman–Crippen LogP) is 1.93. The molecule has 1 atom stereocenters. The quantitative estimate of drug-likeness (QED) is 0.660. The monoisotopic (exact) mass is 186 g/mol. The van der Waals surface area contributed by atoms with Crippen molar-refractivity contribution >= 4 is 11.6 Å². The van der Waals surface area contributed by atoms with E-state index in [1.807, 2.05) is 10.8 Å². The highest BCUT2D eigenvalue weighted by Gasteiger charge is 2.18. The molecule has 0 amide bonds. The van der Waals surface area contributed by atoms with E-state index in [0.717, 1.165) is 25.3 Å². The summed E-state index contributed by atoms with van der Waals surface area (Å²) >= 11 is 5.71. The molecule has 1 fully saturated rings. The number of ether oxygens (including phenoxy) is 1. The van der Waals surface area contributed by atoms with Crippen molar-refractivity contribution in [2.45, 2.75) is 24.9 Å². The van der Waals surface area contributed by atoms with Crippen molar-refractivity contribution in [3.63, 3.8) is 0 Å². The first-order chi connectivity index (χ1) is 5.92. The third-order valence-electron chi connectivity index (χ3n) is 2.08. The van der Waals surface area contributed by atoms with Gasteiger partial charge in [0.2, 0.25) is 0 Å². The van der Waals surface area contributed by atoms with Gasteiger partial charge in [-0.05, 0) is 12.8 Å². The summed E-state index contributed by atoms with van der Waals surface area (Å²) in [6.07, 6.45) is 6.05. The van der Waals surface area contributed by atoms with Gasteiger partial charge in [0.25, 0.3) is 0 Å². The number of hydrogen-bond acceptors (Lipinski definition) is 2. The Morgan fingerprint density at radius 1 is 1.75 bits per heavy atom. The SMILES string of the molecule is ClCc1nccn1C1CCCO1. The van der Waals surface area contributed by atoms with Crippen LogP contribution in [-0.4, -0.2) is 16.2 Å². The van der Waals surface area contributed by atoms with E-state index in [-0.39, 0.29) is 6.23 Å². The smallest absolute Gasteiger partial charge is 0.135 e. The molecule has 1 aromatic rings. The van der Waals surface area contributed by atoms with Gasteiger partial charge in [-0.3, -0.25) is 0 Å². The van der Waals surface area contributed by atoms with E-state index < -0.39 is 0 Å². The molecule has 1 aliphatic rings. The second-order valence-electron chi connectivity index (χ2n) is 2.85. The Labute approximate surface area is 76.3 Å². The van der Waals surface area contributed by atoms with Crippen molar-refractivity contribution in [2.24, 2.45) is 0 Å². The van der Waals surface area contributed by atoms with E-state index in [1.54, 1.807) is 6.20 Å². The fourth-order valence-corrected chi connectivity index (χ4v) is 1.70. The molecule has 1 unspecified atom stereocenters. The first-order valence-electron chi connectivity index (χ1n) is 4.11. The molecule has 1 aromatic heterocycles. The molecule has 2 rings (SSSR count). The minimum atomic E-state index is 0.168. The van der Waals surface area contributed by atoms with Crippen LogP contribution in [-0.2, 0) is 10.6 Å². The maximum atomic E-state index is 5.71. The molecule has 0 aliphatic carbocycles. The highest BCUT2D eigenvalue weighted by atomic mass is 35.5. The first kappa shape index (κ1) is 8.08. The molecule has 1 saturated heterocycles. The van der Waals surface area contributed by atoms with Gasteiger partial charge in [-0.15, -0.1) is 11.6 Å². The van der Waals surface area contributed by atoms with Gasteiger partial charge in [0.05, 0.1) is 5.88 Å². The van der Waals surface area contributed by atoms with Crippen molar-refractivity contribution in [3.8, 4) is 0 Å². The third kappa shape index (κ3) is 1.34.